The predicted molar refractivity (Wildman–Crippen MR) is 149 cm³/mol. The molecule has 9 nitrogen and oxygen atoms in total. The van der Waals surface area contributed by atoms with Gasteiger partial charge < -0.3 is 25.3 Å². The maximum atomic E-state index is 13.9. The SMILES string of the molecule is CC(=O)NC1CCN(c2ccc(-c3oc4ncnc(N5CCC(N)CC5)c4c3-c3ccc(F)cc3)cn2)CC1. The zero-order chi connectivity index (χ0) is 26.9. The van der Waals surface area contributed by atoms with Crippen LogP contribution in [0.2, 0.25) is 0 Å². The first-order valence-corrected chi connectivity index (χ1v) is 13.5. The van der Waals surface area contributed by atoms with E-state index in [2.05, 4.69) is 25.1 Å². The van der Waals surface area contributed by atoms with Gasteiger partial charge in [-0.25, -0.2) is 19.3 Å². The molecule has 6 rings (SSSR count). The normalized spacial score (nSPS) is 17.1. The van der Waals surface area contributed by atoms with Crippen molar-refractivity contribution in [2.45, 2.75) is 44.7 Å². The number of rotatable bonds is 5. The lowest BCUT2D eigenvalue weighted by Gasteiger charge is -2.33. The summed E-state index contributed by atoms with van der Waals surface area (Å²) in [5.74, 6) is 2.01. The van der Waals surface area contributed by atoms with Gasteiger partial charge in [-0.2, -0.15) is 0 Å². The minimum Gasteiger partial charge on any atom is -0.437 e. The number of furan rings is 1. The molecule has 0 atom stereocenters. The summed E-state index contributed by atoms with van der Waals surface area (Å²) in [5, 5.41) is 3.81. The molecular weight excluding hydrogens is 497 g/mol. The van der Waals surface area contributed by atoms with Gasteiger partial charge in [0.1, 0.15) is 29.5 Å². The van der Waals surface area contributed by atoms with Crippen LogP contribution in [0.5, 0.6) is 0 Å². The number of anilines is 2. The molecule has 0 spiro atoms. The van der Waals surface area contributed by atoms with Crippen LogP contribution in [0.4, 0.5) is 16.0 Å². The zero-order valence-corrected chi connectivity index (χ0v) is 21.9. The molecule has 0 radical (unpaired) electrons. The summed E-state index contributed by atoms with van der Waals surface area (Å²) >= 11 is 0. The van der Waals surface area contributed by atoms with Crippen molar-refractivity contribution in [2.75, 3.05) is 36.0 Å². The van der Waals surface area contributed by atoms with Gasteiger partial charge in [-0.05, 0) is 55.5 Å². The first-order valence-electron chi connectivity index (χ1n) is 13.5. The van der Waals surface area contributed by atoms with Crippen LogP contribution in [0.15, 0.2) is 53.3 Å². The van der Waals surface area contributed by atoms with Crippen molar-refractivity contribution in [3.63, 3.8) is 0 Å². The number of piperidine rings is 2. The van der Waals surface area contributed by atoms with Crippen molar-refractivity contribution >= 4 is 28.6 Å². The molecule has 3 aromatic heterocycles. The van der Waals surface area contributed by atoms with Crippen LogP contribution in [0.25, 0.3) is 33.6 Å². The van der Waals surface area contributed by atoms with E-state index < -0.39 is 0 Å². The summed E-state index contributed by atoms with van der Waals surface area (Å²) in [5.41, 5.74) is 9.07. The van der Waals surface area contributed by atoms with Gasteiger partial charge in [-0.1, -0.05) is 12.1 Å². The van der Waals surface area contributed by atoms with Crippen molar-refractivity contribution in [1.29, 1.82) is 0 Å². The number of halogens is 1. The number of carbonyl (C=O) groups excluding carboxylic acids is 1. The molecule has 0 aliphatic carbocycles. The van der Waals surface area contributed by atoms with Gasteiger partial charge in [0, 0.05) is 62.5 Å². The van der Waals surface area contributed by atoms with E-state index in [-0.39, 0.29) is 23.8 Å². The summed E-state index contributed by atoms with van der Waals surface area (Å²) in [6, 6.07) is 10.8. The second-order valence-electron chi connectivity index (χ2n) is 10.4. The molecular formula is C29H32FN7O2. The van der Waals surface area contributed by atoms with Crippen LogP contribution >= 0.6 is 0 Å². The third-order valence-electron chi connectivity index (χ3n) is 7.68. The number of fused-ring (bicyclic) bond motifs is 1. The van der Waals surface area contributed by atoms with Gasteiger partial charge >= 0.3 is 0 Å². The number of carbonyl (C=O) groups is 1. The molecule has 2 aliphatic heterocycles. The number of nitrogens with zero attached hydrogens (tertiary/aromatic N) is 5. The van der Waals surface area contributed by atoms with Crippen molar-refractivity contribution in [3.8, 4) is 22.5 Å². The van der Waals surface area contributed by atoms with Gasteiger partial charge in [-0.15, -0.1) is 0 Å². The smallest absolute Gasteiger partial charge is 0.232 e. The van der Waals surface area contributed by atoms with E-state index in [4.69, 9.17) is 15.1 Å². The van der Waals surface area contributed by atoms with E-state index in [0.29, 0.717) is 11.5 Å². The van der Waals surface area contributed by atoms with Gasteiger partial charge in [0.25, 0.3) is 0 Å². The Kier molecular flexibility index (Phi) is 6.86. The van der Waals surface area contributed by atoms with Gasteiger partial charge in [0.15, 0.2) is 0 Å². The lowest BCUT2D eigenvalue weighted by molar-refractivity contribution is -0.119. The van der Waals surface area contributed by atoms with Crippen molar-refractivity contribution in [2.24, 2.45) is 5.73 Å². The Morgan fingerprint density at radius 3 is 2.31 bits per heavy atom. The fraction of sp³-hybridized carbons (Fsp3) is 0.379. The van der Waals surface area contributed by atoms with Crippen molar-refractivity contribution in [1.82, 2.24) is 20.3 Å². The molecule has 1 amide bonds. The predicted octanol–water partition coefficient (Wildman–Crippen LogP) is 4.12. The first-order chi connectivity index (χ1) is 19.0. The fourth-order valence-electron chi connectivity index (χ4n) is 5.61. The number of benzene rings is 1. The second-order valence-corrected chi connectivity index (χ2v) is 10.4. The Balaban J connectivity index is 1.37. The topological polar surface area (TPSA) is 113 Å². The average Bonchev–Trinajstić information content (AvgIpc) is 3.34. The second kappa shape index (κ2) is 10.6. The summed E-state index contributed by atoms with van der Waals surface area (Å²) in [7, 11) is 0. The Labute approximate surface area is 226 Å². The molecule has 39 heavy (non-hydrogen) atoms. The molecule has 0 saturated carbocycles. The molecule has 3 N–H and O–H groups in total. The van der Waals surface area contributed by atoms with Crippen molar-refractivity contribution < 1.29 is 13.6 Å². The maximum Gasteiger partial charge on any atom is 0.232 e. The largest absolute Gasteiger partial charge is 0.437 e. The zero-order valence-electron chi connectivity index (χ0n) is 21.9. The van der Waals surface area contributed by atoms with Crippen molar-refractivity contribution in [3.05, 3.63) is 54.7 Å². The summed E-state index contributed by atoms with van der Waals surface area (Å²) in [6.45, 7) is 4.79. The highest BCUT2D eigenvalue weighted by Gasteiger charge is 2.27. The monoisotopic (exact) mass is 529 g/mol. The number of aromatic nitrogens is 3. The molecule has 1 aromatic carbocycles. The fourth-order valence-corrected chi connectivity index (χ4v) is 5.61. The first kappa shape index (κ1) is 25.2. The maximum absolute atomic E-state index is 13.9. The van der Waals surface area contributed by atoms with E-state index >= 15 is 0 Å². The molecule has 2 fully saturated rings. The van der Waals surface area contributed by atoms with E-state index in [0.717, 1.165) is 85.6 Å². The van der Waals surface area contributed by atoms with Crippen LogP contribution in [0.1, 0.15) is 32.6 Å². The summed E-state index contributed by atoms with van der Waals surface area (Å²) in [4.78, 5) is 29.7. The van der Waals surface area contributed by atoms with Crippen LogP contribution < -0.4 is 20.9 Å². The molecule has 5 heterocycles. The molecule has 0 bridgehead atoms. The van der Waals surface area contributed by atoms with E-state index in [1.807, 2.05) is 18.3 Å². The minimum absolute atomic E-state index is 0.00966. The third-order valence-corrected chi connectivity index (χ3v) is 7.68. The quantitative estimate of drug-likeness (QED) is 0.397. The number of amides is 1. The van der Waals surface area contributed by atoms with Gasteiger partial charge in [0.2, 0.25) is 11.6 Å². The lowest BCUT2D eigenvalue weighted by atomic mass is 9.99. The molecule has 202 valence electrons. The highest BCUT2D eigenvalue weighted by Crippen LogP contribution is 2.43. The molecule has 0 unspecified atom stereocenters. The summed E-state index contributed by atoms with van der Waals surface area (Å²) in [6.07, 6.45) is 6.87. The number of hydrogen-bond acceptors (Lipinski definition) is 8. The van der Waals surface area contributed by atoms with Crippen LogP contribution in [-0.4, -0.2) is 59.1 Å². The Hall–Kier alpha value is -4.05. The minimum atomic E-state index is -0.303. The van der Waals surface area contributed by atoms with Gasteiger partial charge in [-0.3, -0.25) is 4.79 Å². The third kappa shape index (κ3) is 5.16. The van der Waals surface area contributed by atoms with E-state index in [1.54, 1.807) is 19.1 Å². The Morgan fingerprint density at radius 1 is 0.949 bits per heavy atom. The number of pyridine rings is 1. The number of nitrogens with one attached hydrogen (secondary N) is 1. The standard InChI is InChI=1S/C29H32FN7O2/c1-18(38)35-23-10-14-36(15-11-23)24-7-4-20(16-32-24)27-25(19-2-5-21(30)6-3-19)26-28(33-17-34-29(26)39-27)37-12-8-22(31)9-13-37/h2-7,16-17,22-23H,8-15,31H2,1H3,(H,35,38). The molecule has 4 aromatic rings. The molecule has 2 saturated heterocycles. The highest BCUT2D eigenvalue weighted by atomic mass is 19.1. The Bertz CT molecular complexity index is 1460. The van der Waals surface area contributed by atoms with Gasteiger partial charge in [0.05, 0.1) is 5.39 Å². The Morgan fingerprint density at radius 2 is 1.64 bits per heavy atom. The molecule has 2 aliphatic rings. The van der Waals surface area contributed by atoms with E-state index in [1.165, 1.54) is 18.5 Å². The van der Waals surface area contributed by atoms with E-state index in [9.17, 15) is 9.18 Å². The average molecular weight is 530 g/mol. The van der Waals surface area contributed by atoms with Crippen LogP contribution in [0.3, 0.4) is 0 Å². The molecule has 10 heteroatoms. The number of hydrogen-bond donors (Lipinski definition) is 2. The van der Waals surface area contributed by atoms with Crippen LogP contribution in [-0.2, 0) is 4.79 Å². The van der Waals surface area contributed by atoms with Crippen LogP contribution in [0, 0.1) is 5.82 Å². The number of nitrogens with two attached hydrogens (primary N) is 1. The summed E-state index contributed by atoms with van der Waals surface area (Å²) < 4.78 is 20.2. The highest BCUT2D eigenvalue weighted by molar-refractivity contribution is 6.06. The lowest BCUT2D eigenvalue weighted by Crippen LogP contribution is -2.44.